The average molecular weight is 408 g/mol. The fraction of sp³-hybridized carbons (Fsp3) is 0.364. The Hall–Kier alpha value is -3.26. The molecule has 0 atom stereocenters. The molecule has 30 heavy (non-hydrogen) atoms. The summed E-state index contributed by atoms with van der Waals surface area (Å²) in [4.78, 5) is 44.6. The Bertz CT molecular complexity index is 903. The van der Waals surface area contributed by atoms with E-state index in [4.69, 9.17) is 4.74 Å². The fourth-order valence-electron chi connectivity index (χ4n) is 3.63. The zero-order valence-corrected chi connectivity index (χ0v) is 16.7. The number of carbonyl (C=O) groups excluding carboxylic acids is 3. The number of ether oxygens (including phenoxy) is 1. The number of hydrogen-bond acceptors (Lipinski definition) is 6. The van der Waals surface area contributed by atoms with E-state index >= 15 is 0 Å². The van der Waals surface area contributed by atoms with Crippen molar-refractivity contribution in [2.45, 2.75) is 19.4 Å². The van der Waals surface area contributed by atoms with Gasteiger partial charge in [0.05, 0.1) is 24.3 Å². The maximum atomic E-state index is 12.3. The number of hydrogen-bond donors (Lipinski definition) is 1. The molecule has 1 N–H and O–H groups in total. The number of morpholine rings is 1. The lowest BCUT2D eigenvalue weighted by molar-refractivity contribution is -0.121. The minimum atomic E-state index is -0.289. The smallest absolute Gasteiger partial charge is 0.261 e. The van der Waals surface area contributed by atoms with Gasteiger partial charge in [-0.05, 0) is 30.2 Å². The molecule has 3 heterocycles. The van der Waals surface area contributed by atoms with Gasteiger partial charge in [0.25, 0.3) is 11.8 Å². The van der Waals surface area contributed by atoms with Gasteiger partial charge < -0.3 is 15.0 Å². The molecule has 2 aromatic rings. The Morgan fingerprint density at radius 1 is 1.03 bits per heavy atom. The molecule has 0 bridgehead atoms. The minimum absolute atomic E-state index is 0.121. The van der Waals surface area contributed by atoms with Crippen LogP contribution in [0.5, 0.6) is 0 Å². The zero-order valence-electron chi connectivity index (χ0n) is 16.7. The van der Waals surface area contributed by atoms with Crippen molar-refractivity contribution in [2.24, 2.45) is 0 Å². The van der Waals surface area contributed by atoms with Crippen LogP contribution in [0.15, 0.2) is 42.6 Å². The lowest BCUT2D eigenvalue weighted by Crippen LogP contribution is -2.36. The Balaban J connectivity index is 1.20. The highest BCUT2D eigenvalue weighted by atomic mass is 16.5. The van der Waals surface area contributed by atoms with Gasteiger partial charge >= 0.3 is 0 Å². The van der Waals surface area contributed by atoms with Crippen LogP contribution in [-0.2, 0) is 16.1 Å². The molecule has 8 nitrogen and oxygen atoms in total. The monoisotopic (exact) mass is 408 g/mol. The third-order valence-corrected chi connectivity index (χ3v) is 5.30. The molecule has 0 aliphatic carbocycles. The molecule has 3 amide bonds. The second kappa shape index (κ2) is 9.04. The molecule has 1 aromatic heterocycles. The van der Waals surface area contributed by atoms with E-state index in [-0.39, 0.29) is 30.7 Å². The summed E-state index contributed by atoms with van der Waals surface area (Å²) in [5.41, 5.74) is 1.78. The van der Waals surface area contributed by atoms with Crippen molar-refractivity contribution in [3.63, 3.8) is 0 Å². The molecule has 1 aromatic carbocycles. The van der Waals surface area contributed by atoms with Crippen LogP contribution in [0, 0.1) is 0 Å². The molecule has 1 saturated heterocycles. The number of rotatable bonds is 7. The Morgan fingerprint density at radius 3 is 2.37 bits per heavy atom. The summed E-state index contributed by atoms with van der Waals surface area (Å²) in [7, 11) is 0. The van der Waals surface area contributed by atoms with Crippen LogP contribution in [0.3, 0.4) is 0 Å². The molecule has 0 unspecified atom stereocenters. The average Bonchev–Trinajstić information content (AvgIpc) is 3.04. The number of benzene rings is 1. The van der Waals surface area contributed by atoms with Crippen molar-refractivity contribution in [3.05, 3.63) is 59.3 Å². The Labute approximate surface area is 174 Å². The second-order valence-corrected chi connectivity index (χ2v) is 7.31. The number of pyridine rings is 1. The van der Waals surface area contributed by atoms with Crippen molar-refractivity contribution < 1.29 is 19.1 Å². The lowest BCUT2D eigenvalue weighted by atomic mass is 10.1. The molecular weight excluding hydrogens is 384 g/mol. The number of nitrogens with one attached hydrogen (secondary N) is 1. The number of amides is 3. The number of anilines is 1. The predicted molar refractivity (Wildman–Crippen MR) is 110 cm³/mol. The SMILES string of the molecule is O=C(CCCN1C(=O)c2ccccc2C1=O)NCc1ccc(N2CCOCC2)nc1. The molecule has 0 saturated carbocycles. The number of fused-ring (bicyclic) bond motifs is 1. The topological polar surface area (TPSA) is 91.8 Å². The first-order valence-electron chi connectivity index (χ1n) is 10.1. The zero-order chi connectivity index (χ0) is 20.9. The largest absolute Gasteiger partial charge is 0.378 e. The van der Waals surface area contributed by atoms with Crippen LogP contribution < -0.4 is 10.2 Å². The van der Waals surface area contributed by atoms with Gasteiger partial charge in [-0.2, -0.15) is 0 Å². The second-order valence-electron chi connectivity index (χ2n) is 7.31. The van der Waals surface area contributed by atoms with Crippen LogP contribution >= 0.6 is 0 Å². The van der Waals surface area contributed by atoms with E-state index in [9.17, 15) is 14.4 Å². The van der Waals surface area contributed by atoms with E-state index < -0.39 is 0 Å². The lowest BCUT2D eigenvalue weighted by Gasteiger charge is -2.27. The van der Waals surface area contributed by atoms with Gasteiger partial charge in [-0.15, -0.1) is 0 Å². The maximum Gasteiger partial charge on any atom is 0.261 e. The van der Waals surface area contributed by atoms with Crippen molar-refractivity contribution >= 4 is 23.5 Å². The normalized spacial score (nSPS) is 16.0. The van der Waals surface area contributed by atoms with Gasteiger partial charge in [0.15, 0.2) is 0 Å². The maximum absolute atomic E-state index is 12.3. The third-order valence-electron chi connectivity index (χ3n) is 5.30. The third kappa shape index (κ3) is 4.33. The van der Waals surface area contributed by atoms with Crippen molar-refractivity contribution in [3.8, 4) is 0 Å². The van der Waals surface area contributed by atoms with Crippen molar-refractivity contribution in [2.75, 3.05) is 37.7 Å². The fourth-order valence-corrected chi connectivity index (χ4v) is 3.63. The quantitative estimate of drug-likeness (QED) is 0.700. The Kier molecular flexibility index (Phi) is 6.04. The van der Waals surface area contributed by atoms with Crippen molar-refractivity contribution in [1.29, 1.82) is 0 Å². The molecular formula is C22H24N4O4. The van der Waals surface area contributed by atoms with Gasteiger partial charge in [-0.3, -0.25) is 19.3 Å². The van der Waals surface area contributed by atoms with E-state index in [0.29, 0.717) is 37.3 Å². The summed E-state index contributed by atoms with van der Waals surface area (Å²) in [5.74, 6) is 0.211. The van der Waals surface area contributed by atoms with E-state index in [1.807, 2.05) is 12.1 Å². The first-order valence-corrected chi connectivity index (χ1v) is 10.1. The highest BCUT2D eigenvalue weighted by Crippen LogP contribution is 2.22. The summed E-state index contributed by atoms with van der Waals surface area (Å²) in [6.45, 7) is 3.70. The molecule has 4 rings (SSSR count). The molecule has 0 radical (unpaired) electrons. The van der Waals surface area contributed by atoms with E-state index in [1.54, 1.807) is 30.5 Å². The summed E-state index contributed by atoms with van der Waals surface area (Å²) in [5, 5.41) is 2.86. The summed E-state index contributed by atoms with van der Waals surface area (Å²) >= 11 is 0. The molecule has 156 valence electrons. The van der Waals surface area contributed by atoms with Gasteiger partial charge in [0.1, 0.15) is 5.82 Å². The van der Waals surface area contributed by atoms with E-state index in [2.05, 4.69) is 15.2 Å². The predicted octanol–water partition coefficient (Wildman–Crippen LogP) is 1.61. The first-order chi connectivity index (χ1) is 14.6. The standard InChI is InChI=1S/C22H24N4O4/c27-20(6-3-9-26-21(28)17-4-1-2-5-18(17)22(26)29)24-15-16-7-8-19(23-14-16)25-10-12-30-13-11-25/h1-2,4-5,7-8,14H,3,6,9-13,15H2,(H,24,27). The van der Waals surface area contributed by atoms with Gasteiger partial charge in [0.2, 0.25) is 5.91 Å². The minimum Gasteiger partial charge on any atom is -0.378 e. The van der Waals surface area contributed by atoms with Crippen LogP contribution in [0.2, 0.25) is 0 Å². The van der Waals surface area contributed by atoms with Crippen LogP contribution in [-0.4, -0.2) is 60.5 Å². The first kappa shape index (κ1) is 20.0. The number of carbonyl (C=O) groups is 3. The molecule has 2 aliphatic rings. The van der Waals surface area contributed by atoms with Crippen LogP contribution in [0.25, 0.3) is 0 Å². The Morgan fingerprint density at radius 2 is 1.73 bits per heavy atom. The van der Waals surface area contributed by atoms with Gasteiger partial charge in [0, 0.05) is 38.8 Å². The van der Waals surface area contributed by atoms with Crippen molar-refractivity contribution in [1.82, 2.24) is 15.2 Å². The van der Waals surface area contributed by atoms with E-state index in [1.165, 1.54) is 4.90 Å². The summed E-state index contributed by atoms with van der Waals surface area (Å²) in [6, 6.07) is 10.7. The number of aromatic nitrogens is 1. The van der Waals surface area contributed by atoms with Crippen LogP contribution in [0.1, 0.15) is 39.1 Å². The number of imide groups is 1. The highest BCUT2D eigenvalue weighted by molar-refractivity contribution is 6.21. The summed E-state index contributed by atoms with van der Waals surface area (Å²) < 4.78 is 5.35. The van der Waals surface area contributed by atoms with Crippen LogP contribution in [0.4, 0.5) is 5.82 Å². The highest BCUT2D eigenvalue weighted by Gasteiger charge is 2.34. The molecule has 2 aliphatic heterocycles. The summed E-state index contributed by atoms with van der Waals surface area (Å²) in [6.07, 6.45) is 2.43. The van der Waals surface area contributed by atoms with Gasteiger partial charge in [-0.25, -0.2) is 4.98 Å². The van der Waals surface area contributed by atoms with E-state index in [0.717, 1.165) is 24.5 Å². The molecule has 1 fully saturated rings. The molecule has 0 spiro atoms. The number of nitrogens with zero attached hydrogens (tertiary/aromatic N) is 3. The molecule has 8 heteroatoms. The van der Waals surface area contributed by atoms with Gasteiger partial charge in [-0.1, -0.05) is 18.2 Å².